The Balaban J connectivity index is 1.73. The van der Waals surface area contributed by atoms with Crippen molar-refractivity contribution in [1.82, 2.24) is 10.6 Å². The van der Waals surface area contributed by atoms with E-state index >= 15 is 0 Å². The summed E-state index contributed by atoms with van der Waals surface area (Å²) in [6, 6.07) is 14.1. The highest BCUT2D eigenvalue weighted by molar-refractivity contribution is 5.96. The number of Topliss-reactive ketones (excluding diaryl/α,β-unsaturated/α-hetero) is 1. The van der Waals surface area contributed by atoms with Gasteiger partial charge in [-0.25, -0.2) is 4.39 Å². The molecule has 1 aliphatic carbocycles. The largest absolute Gasteiger partial charge is 0.458 e. The van der Waals surface area contributed by atoms with Crippen molar-refractivity contribution in [2.45, 2.75) is 30.9 Å². The number of halogens is 1. The highest BCUT2D eigenvalue weighted by Gasteiger charge is 2.50. The van der Waals surface area contributed by atoms with E-state index in [0.717, 1.165) is 0 Å². The van der Waals surface area contributed by atoms with E-state index in [9.17, 15) is 18.8 Å². The Morgan fingerprint density at radius 2 is 1.83 bits per heavy atom. The van der Waals surface area contributed by atoms with Crippen LogP contribution in [0.4, 0.5) is 4.39 Å². The van der Waals surface area contributed by atoms with Crippen LogP contribution in [0, 0.1) is 5.82 Å². The second-order valence-corrected chi connectivity index (χ2v) is 6.91. The fourth-order valence-electron chi connectivity index (χ4n) is 3.74. The molecule has 0 radical (unpaired) electrons. The maximum absolute atomic E-state index is 13.4. The van der Waals surface area contributed by atoms with Crippen molar-refractivity contribution < 1.29 is 23.5 Å². The van der Waals surface area contributed by atoms with Crippen LogP contribution >= 0.6 is 0 Å². The summed E-state index contributed by atoms with van der Waals surface area (Å²) < 4.78 is 19.0. The molecule has 0 heterocycles. The lowest BCUT2D eigenvalue weighted by Gasteiger charge is -2.42. The smallest absolute Gasteiger partial charge is 0.325 e. The predicted octanol–water partition coefficient (Wildman–Crippen LogP) is 2.34. The molecule has 0 aliphatic heterocycles. The predicted molar refractivity (Wildman–Crippen MR) is 105 cm³/mol. The number of hydrogen-bond acceptors (Lipinski definition) is 5. The van der Waals surface area contributed by atoms with Crippen molar-refractivity contribution >= 4 is 17.7 Å². The van der Waals surface area contributed by atoms with E-state index in [1.54, 1.807) is 37.4 Å². The van der Waals surface area contributed by atoms with Gasteiger partial charge in [0.05, 0.1) is 0 Å². The molecule has 3 rings (SSSR count). The number of amides is 1. The minimum Gasteiger partial charge on any atom is -0.458 e. The van der Waals surface area contributed by atoms with Gasteiger partial charge in [-0.15, -0.1) is 0 Å². The first kappa shape index (κ1) is 20.7. The number of carbonyl (C=O) groups excluding carboxylic acids is 3. The summed E-state index contributed by atoms with van der Waals surface area (Å²) >= 11 is 0. The van der Waals surface area contributed by atoms with Crippen molar-refractivity contribution in [3.8, 4) is 0 Å². The molecule has 29 heavy (non-hydrogen) atoms. The van der Waals surface area contributed by atoms with Gasteiger partial charge in [0.15, 0.2) is 5.78 Å². The summed E-state index contributed by atoms with van der Waals surface area (Å²) in [5, 5.41) is 5.54. The van der Waals surface area contributed by atoms with Crippen molar-refractivity contribution in [3.63, 3.8) is 0 Å². The topological polar surface area (TPSA) is 84.5 Å². The molecule has 0 bridgehead atoms. The molecule has 1 saturated carbocycles. The van der Waals surface area contributed by atoms with Crippen LogP contribution in [0.15, 0.2) is 54.6 Å². The second-order valence-electron chi connectivity index (χ2n) is 6.91. The van der Waals surface area contributed by atoms with Crippen LogP contribution in [-0.4, -0.2) is 37.4 Å². The third-order valence-electron chi connectivity index (χ3n) is 5.19. The maximum Gasteiger partial charge on any atom is 0.325 e. The van der Waals surface area contributed by atoms with Gasteiger partial charge >= 0.3 is 5.97 Å². The lowest BCUT2D eigenvalue weighted by molar-refractivity contribution is -0.158. The van der Waals surface area contributed by atoms with Crippen molar-refractivity contribution in [2.75, 3.05) is 13.6 Å². The van der Waals surface area contributed by atoms with Gasteiger partial charge in [0.25, 0.3) is 5.91 Å². The first-order valence-corrected chi connectivity index (χ1v) is 9.48. The molecule has 0 spiro atoms. The van der Waals surface area contributed by atoms with E-state index in [1.807, 2.05) is 0 Å². The Bertz CT molecular complexity index is 885. The van der Waals surface area contributed by atoms with E-state index in [0.29, 0.717) is 30.4 Å². The van der Waals surface area contributed by atoms with Gasteiger partial charge in [0.1, 0.15) is 24.0 Å². The molecule has 1 unspecified atom stereocenters. The zero-order valence-electron chi connectivity index (χ0n) is 16.1. The van der Waals surface area contributed by atoms with Crippen LogP contribution in [-0.2, 0) is 19.9 Å². The molecule has 1 amide bonds. The zero-order valence-corrected chi connectivity index (χ0v) is 16.1. The Hall–Kier alpha value is -3.06. The number of rotatable bonds is 6. The molecular formula is C22H23FN2O4. The van der Waals surface area contributed by atoms with E-state index in [-0.39, 0.29) is 18.2 Å². The fourth-order valence-corrected chi connectivity index (χ4v) is 3.74. The first-order chi connectivity index (χ1) is 14.0. The molecule has 2 aromatic rings. The molecule has 1 fully saturated rings. The highest BCUT2D eigenvalue weighted by atomic mass is 19.1. The number of likely N-dealkylation sites (N-methyl/N-ethyl adjacent to an activating group) is 1. The molecule has 152 valence electrons. The minimum absolute atomic E-state index is 0.121. The number of benzene rings is 2. The average Bonchev–Trinajstić information content (AvgIpc) is 2.74. The van der Waals surface area contributed by atoms with Gasteiger partial charge in [0.2, 0.25) is 0 Å². The summed E-state index contributed by atoms with van der Waals surface area (Å²) in [5.41, 5.74) is -0.272. The lowest BCUT2D eigenvalue weighted by atomic mass is 9.73. The third-order valence-corrected chi connectivity index (χ3v) is 5.19. The summed E-state index contributed by atoms with van der Waals surface area (Å²) in [4.78, 5) is 37.4. The van der Waals surface area contributed by atoms with Crippen LogP contribution in [0.3, 0.4) is 0 Å². The second kappa shape index (κ2) is 8.96. The maximum atomic E-state index is 13.4. The standard InChI is InChI=1S/C22H23FN2O4/c1-24-22(16-10-12-17(23)13-11-16)18(26)8-5-9-19(22)29-20(27)14-25-21(28)15-6-3-2-4-7-15/h2-4,6-7,10-13,19,24H,5,8-9,14H2,1H3,(H,25,28)/t19?,22-/m0/s1. The molecule has 2 atom stereocenters. The number of carbonyl (C=O) groups is 3. The van der Waals surface area contributed by atoms with Gasteiger partial charge in [-0.2, -0.15) is 0 Å². The number of hydrogen-bond donors (Lipinski definition) is 2. The van der Waals surface area contributed by atoms with Crippen LogP contribution in [0.2, 0.25) is 0 Å². The van der Waals surface area contributed by atoms with Crippen molar-refractivity contribution in [3.05, 3.63) is 71.5 Å². The minimum atomic E-state index is -1.24. The normalized spacial score (nSPS) is 21.4. The quantitative estimate of drug-likeness (QED) is 0.730. The van der Waals surface area contributed by atoms with E-state index < -0.39 is 23.4 Å². The summed E-state index contributed by atoms with van der Waals surface area (Å²) in [6.07, 6.45) is 0.622. The monoisotopic (exact) mass is 398 g/mol. The number of ketones is 1. The third kappa shape index (κ3) is 4.35. The molecule has 0 saturated heterocycles. The SMILES string of the molecule is CN[C@@]1(c2ccc(F)cc2)C(=O)CCCC1OC(=O)CNC(=O)c1ccccc1. The van der Waals surface area contributed by atoms with Crippen molar-refractivity contribution in [2.24, 2.45) is 0 Å². The molecule has 2 N–H and O–H groups in total. The van der Waals surface area contributed by atoms with Crippen LogP contribution < -0.4 is 10.6 Å². The Morgan fingerprint density at radius 1 is 1.14 bits per heavy atom. The average molecular weight is 398 g/mol. The van der Waals surface area contributed by atoms with Gasteiger partial charge in [0, 0.05) is 12.0 Å². The van der Waals surface area contributed by atoms with Crippen LogP contribution in [0.1, 0.15) is 35.2 Å². The Labute approximate surface area is 168 Å². The van der Waals surface area contributed by atoms with Gasteiger partial charge in [-0.3, -0.25) is 14.4 Å². The molecule has 0 aromatic heterocycles. The molecule has 6 nitrogen and oxygen atoms in total. The molecule has 7 heteroatoms. The Morgan fingerprint density at radius 3 is 2.48 bits per heavy atom. The van der Waals surface area contributed by atoms with Crippen LogP contribution in [0.25, 0.3) is 0 Å². The molecular weight excluding hydrogens is 375 g/mol. The van der Waals surface area contributed by atoms with Crippen LogP contribution in [0.5, 0.6) is 0 Å². The van der Waals surface area contributed by atoms with Gasteiger partial charge in [-0.1, -0.05) is 30.3 Å². The number of nitrogens with one attached hydrogen (secondary N) is 2. The number of esters is 1. The molecule has 1 aliphatic rings. The summed E-state index contributed by atoms with van der Waals surface area (Å²) in [7, 11) is 1.62. The summed E-state index contributed by atoms with van der Waals surface area (Å²) in [5.74, 6) is -1.57. The van der Waals surface area contributed by atoms with Gasteiger partial charge in [-0.05, 0) is 49.7 Å². The highest BCUT2D eigenvalue weighted by Crippen LogP contribution is 2.36. The van der Waals surface area contributed by atoms with E-state index in [1.165, 1.54) is 24.3 Å². The Kier molecular flexibility index (Phi) is 6.39. The van der Waals surface area contributed by atoms with Gasteiger partial charge < -0.3 is 15.4 Å². The fraction of sp³-hybridized carbons (Fsp3) is 0.318. The zero-order chi connectivity index (χ0) is 20.9. The van der Waals surface area contributed by atoms with E-state index in [2.05, 4.69) is 10.6 Å². The first-order valence-electron chi connectivity index (χ1n) is 9.48. The molecule has 2 aromatic carbocycles. The van der Waals surface area contributed by atoms with Crippen molar-refractivity contribution in [1.29, 1.82) is 0 Å². The number of ether oxygens (including phenoxy) is 1. The lowest BCUT2D eigenvalue weighted by Crippen LogP contribution is -2.59. The summed E-state index contributed by atoms with van der Waals surface area (Å²) in [6.45, 7) is -0.318. The van der Waals surface area contributed by atoms with E-state index in [4.69, 9.17) is 4.74 Å².